The predicted octanol–water partition coefficient (Wildman–Crippen LogP) is 4.10. The zero-order valence-corrected chi connectivity index (χ0v) is 17.3. The number of amides is 1. The molecule has 3 aromatic rings. The Bertz CT molecular complexity index is 1070. The van der Waals surface area contributed by atoms with Gasteiger partial charge in [0, 0.05) is 5.02 Å². The minimum absolute atomic E-state index is 0.179. The zero-order chi connectivity index (χ0) is 22.1. The first-order chi connectivity index (χ1) is 15.0. The van der Waals surface area contributed by atoms with Gasteiger partial charge in [-0.1, -0.05) is 17.7 Å². The van der Waals surface area contributed by atoms with E-state index < -0.39 is 11.9 Å². The topological polar surface area (TPSA) is 86.2 Å². The summed E-state index contributed by atoms with van der Waals surface area (Å²) in [6.07, 6.45) is 1.47. The van der Waals surface area contributed by atoms with Crippen molar-refractivity contribution < 1.29 is 23.8 Å². The molecule has 0 aromatic heterocycles. The number of halogens is 1. The van der Waals surface area contributed by atoms with Crippen molar-refractivity contribution in [3.63, 3.8) is 0 Å². The number of nitrogens with zero attached hydrogens (tertiary/aromatic N) is 1. The summed E-state index contributed by atoms with van der Waals surface area (Å²) in [7, 11) is 1.57. The number of benzene rings is 3. The minimum Gasteiger partial charge on any atom is -0.497 e. The highest BCUT2D eigenvalue weighted by Gasteiger charge is 2.09. The summed E-state index contributed by atoms with van der Waals surface area (Å²) < 4.78 is 15.7. The number of carbonyl (C=O) groups is 2. The number of carbonyl (C=O) groups excluding carboxylic acids is 2. The van der Waals surface area contributed by atoms with E-state index in [4.69, 9.17) is 25.8 Å². The highest BCUT2D eigenvalue weighted by atomic mass is 35.5. The van der Waals surface area contributed by atoms with E-state index in [-0.39, 0.29) is 6.61 Å². The molecule has 8 heteroatoms. The van der Waals surface area contributed by atoms with Crippen LogP contribution in [0.1, 0.15) is 15.9 Å². The molecule has 0 aliphatic carbocycles. The van der Waals surface area contributed by atoms with Gasteiger partial charge in [-0.3, -0.25) is 4.79 Å². The summed E-state index contributed by atoms with van der Waals surface area (Å²) in [5, 5.41) is 4.34. The Labute approximate surface area is 184 Å². The summed E-state index contributed by atoms with van der Waals surface area (Å²) in [5.74, 6) is 0.709. The fourth-order valence-electron chi connectivity index (χ4n) is 2.44. The monoisotopic (exact) mass is 438 g/mol. The van der Waals surface area contributed by atoms with Crippen molar-refractivity contribution >= 4 is 29.7 Å². The fraction of sp³-hybridized carbons (Fsp3) is 0.0870. The summed E-state index contributed by atoms with van der Waals surface area (Å²) >= 11 is 5.88. The Balaban J connectivity index is 1.45. The molecule has 0 aliphatic heterocycles. The Morgan fingerprint density at radius 2 is 1.65 bits per heavy atom. The number of nitrogens with one attached hydrogen (secondary N) is 1. The van der Waals surface area contributed by atoms with Crippen LogP contribution in [0.25, 0.3) is 0 Å². The first kappa shape index (κ1) is 21.9. The molecule has 0 fully saturated rings. The smallest absolute Gasteiger partial charge is 0.343 e. The Kier molecular flexibility index (Phi) is 7.61. The van der Waals surface area contributed by atoms with Crippen molar-refractivity contribution in [2.24, 2.45) is 5.10 Å². The normalized spacial score (nSPS) is 10.5. The lowest BCUT2D eigenvalue weighted by Crippen LogP contribution is -2.24. The van der Waals surface area contributed by atoms with Gasteiger partial charge >= 0.3 is 5.97 Å². The molecule has 31 heavy (non-hydrogen) atoms. The van der Waals surface area contributed by atoms with E-state index >= 15 is 0 Å². The average Bonchev–Trinajstić information content (AvgIpc) is 2.79. The first-order valence-electron chi connectivity index (χ1n) is 9.20. The van der Waals surface area contributed by atoms with Crippen molar-refractivity contribution in [1.29, 1.82) is 0 Å². The molecule has 0 saturated carbocycles. The van der Waals surface area contributed by atoms with Crippen LogP contribution in [-0.2, 0) is 4.79 Å². The van der Waals surface area contributed by atoms with Crippen LogP contribution >= 0.6 is 11.6 Å². The van der Waals surface area contributed by atoms with E-state index in [1.807, 2.05) is 0 Å². The van der Waals surface area contributed by atoms with Crippen molar-refractivity contribution in [2.45, 2.75) is 0 Å². The number of hydrogen-bond acceptors (Lipinski definition) is 6. The van der Waals surface area contributed by atoms with E-state index in [0.717, 1.165) is 0 Å². The molecule has 0 bridgehead atoms. The van der Waals surface area contributed by atoms with Gasteiger partial charge in [-0.2, -0.15) is 5.10 Å². The lowest BCUT2D eigenvalue weighted by atomic mass is 10.2. The number of hydrogen-bond donors (Lipinski definition) is 1. The summed E-state index contributed by atoms with van der Waals surface area (Å²) in [4.78, 5) is 23.9. The van der Waals surface area contributed by atoms with Crippen LogP contribution in [0.2, 0.25) is 5.02 Å². The third-order valence-corrected chi connectivity index (χ3v) is 4.22. The Morgan fingerprint density at radius 1 is 0.968 bits per heavy atom. The van der Waals surface area contributed by atoms with Crippen LogP contribution in [0.15, 0.2) is 77.9 Å². The van der Waals surface area contributed by atoms with Gasteiger partial charge in [0.2, 0.25) is 0 Å². The van der Waals surface area contributed by atoms with Gasteiger partial charge < -0.3 is 14.2 Å². The highest BCUT2D eigenvalue weighted by molar-refractivity contribution is 6.30. The zero-order valence-electron chi connectivity index (χ0n) is 16.6. The second-order valence-electron chi connectivity index (χ2n) is 6.23. The molecule has 0 unspecified atom stereocenters. The third kappa shape index (κ3) is 6.87. The quantitative estimate of drug-likeness (QED) is 0.248. The van der Waals surface area contributed by atoms with E-state index in [9.17, 15) is 9.59 Å². The maximum absolute atomic E-state index is 12.1. The maximum Gasteiger partial charge on any atom is 0.343 e. The van der Waals surface area contributed by atoms with Crippen LogP contribution in [0.4, 0.5) is 0 Å². The van der Waals surface area contributed by atoms with Gasteiger partial charge in [0.25, 0.3) is 5.91 Å². The molecule has 0 spiro atoms. The van der Waals surface area contributed by atoms with Gasteiger partial charge in [-0.05, 0) is 72.3 Å². The summed E-state index contributed by atoms with van der Waals surface area (Å²) in [6.45, 7) is -0.179. The van der Waals surface area contributed by atoms with Crippen LogP contribution in [0, 0.1) is 0 Å². The molecule has 0 saturated heterocycles. The largest absolute Gasteiger partial charge is 0.497 e. The van der Waals surface area contributed by atoms with Crippen molar-refractivity contribution in [2.75, 3.05) is 13.7 Å². The molecular weight excluding hydrogens is 420 g/mol. The van der Waals surface area contributed by atoms with E-state index in [1.54, 1.807) is 73.8 Å². The Morgan fingerprint density at radius 3 is 2.32 bits per heavy atom. The van der Waals surface area contributed by atoms with E-state index in [1.165, 1.54) is 12.3 Å². The van der Waals surface area contributed by atoms with Crippen molar-refractivity contribution in [1.82, 2.24) is 5.43 Å². The average molecular weight is 439 g/mol. The molecule has 3 rings (SSSR count). The number of methoxy groups -OCH3 is 1. The van der Waals surface area contributed by atoms with Crippen LogP contribution in [0.5, 0.6) is 17.2 Å². The van der Waals surface area contributed by atoms with Gasteiger partial charge in [0.15, 0.2) is 6.61 Å². The number of hydrazone groups is 1. The molecule has 0 radical (unpaired) electrons. The summed E-state index contributed by atoms with van der Waals surface area (Å²) in [6, 6.07) is 20.0. The molecule has 1 amide bonds. The highest BCUT2D eigenvalue weighted by Crippen LogP contribution is 2.17. The van der Waals surface area contributed by atoms with Gasteiger partial charge in [0.1, 0.15) is 17.2 Å². The second kappa shape index (κ2) is 10.8. The fourth-order valence-corrected chi connectivity index (χ4v) is 2.63. The van der Waals surface area contributed by atoms with Crippen LogP contribution < -0.4 is 19.6 Å². The van der Waals surface area contributed by atoms with E-state index in [2.05, 4.69) is 10.5 Å². The van der Waals surface area contributed by atoms with Gasteiger partial charge in [0.05, 0.1) is 18.9 Å². The van der Waals surface area contributed by atoms with E-state index in [0.29, 0.717) is 33.4 Å². The number of ether oxygens (including phenoxy) is 3. The Hall–Kier alpha value is -3.84. The third-order valence-electron chi connectivity index (χ3n) is 3.98. The lowest BCUT2D eigenvalue weighted by Gasteiger charge is -2.06. The second-order valence-corrected chi connectivity index (χ2v) is 6.66. The van der Waals surface area contributed by atoms with Crippen molar-refractivity contribution in [3.8, 4) is 17.2 Å². The number of rotatable bonds is 8. The SMILES string of the molecule is COc1ccc(OCC(=O)N/N=C\c2ccc(OC(=O)c3cccc(Cl)c3)cc2)cc1. The standard InChI is InChI=1S/C23H19ClN2O5/c1-29-19-9-11-20(12-10-19)30-15-22(27)26-25-14-16-5-7-21(8-6-16)31-23(28)17-3-2-4-18(24)13-17/h2-14H,15H2,1H3,(H,26,27)/b25-14-. The van der Waals surface area contributed by atoms with Crippen LogP contribution in [0.3, 0.4) is 0 Å². The maximum atomic E-state index is 12.1. The minimum atomic E-state index is -0.506. The molecule has 7 nitrogen and oxygen atoms in total. The molecule has 158 valence electrons. The van der Waals surface area contributed by atoms with Crippen molar-refractivity contribution in [3.05, 3.63) is 88.9 Å². The predicted molar refractivity (Wildman–Crippen MR) is 117 cm³/mol. The molecular formula is C23H19ClN2O5. The molecule has 0 aliphatic rings. The van der Waals surface area contributed by atoms with Crippen LogP contribution in [-0.4, -0.2) is 31.8 Å². The van der Waals surface area contributed by atoms with Gasteiger partial charge in [-0.25, -0.2) is 10.2 Å². The lowest BCUT2D eigenvalue weighted by molar-refractivity contribution is -0.123. The molecule has 0 heterocycles. The number of esters is 1. The molecule has 0 atom stereocenters. The first-order valence-corrected chi connectivity index (χ1v) is 9.58. The molecule has 1 N–H and O–H groups in total. The van der Waals surface area contributed by atoms with Gasteiger partial charge in [-0.15, -0.1) is 0 Å². The summed E-state index contributed by atoms with van der Waals surface area (Å²) in [5.41, 5.74) is 3.45. The molecule has 3 aromatic carbocycles.